The van der Waals surface area contributed by atoms with E-state index in [0.29, 0.717) is 12.4 Å². The summed E-state index contributed by atoms with van der Waals surface area (Å²) in [6.45, 7) is 2.64. The smallest absolute Gasteiger partial charge is 0.0923 e. The van der Waals surface area contributed by atoms with Crippen LogP contribution < -0.4 is 5.73 Å². The minimum absolute atomic E-state index is 0.228. The van der Waals surface area contributed by atoms with Crippen LogP contribution in [-0.2, 0) is 5.88 Å². The standard InChI is InChI=1S/C13H16ClN3/c1-10(9-15)17-7-6-13(16-17)12-4-2-11(8-14)3-5-12/h2-7,10H,8-9,15H2,1H3/t10-/m1/s1. The van der Waals surface area contributed by atoms with Crippen molar-refractivity contribution in [3.8, 4) is 11.3 Å². The van der Waals surface area contributed by atoms with Gasteiger partial charge in [0.15, 0.2) is 0 Å². The third-order valence-corrected chi connectivity index (χ3v) is 3.11. The van der Waals surface area contributed by atoms with Crippen molar-refractivity contribution in [3.05, 3.63) is 42.1 Å². The lowest BCUT2D eigenvalue weighted by Crippen LogP contribution is -2.16. The van der Waals surface area contributed by atoms with Crippen molar-refractivity contribution in [1.29, 1.82) is 0 Å². The van der Waals surface area contributed by atoms with Crippen LogP contribution in [0.1, 0.15) is 18.5 Å². The van der Waals surface area contributed by atoms with E-state index in [1.54, 1.807) is 0 Å². The van der Waals surface area contributed by atoms with Crippen LogP contribution in [0.25, 0.3) is 11.3 Å². The van der Waals surface area contributed by atoms with Gasteiger partial charge in [-0.1, -0.05) is 24.3 Å². The minimum atomic E-state index is 0.228. The zero-order valence-electron chi connectivity index (χ0n) is 9.81. The average molecular weight is 250 g/mol. The number of hydrogen-bond donors (Lipinski definition) is 1. The maximum atomic E-state index is 5.76. The van der Waals surface area contributed by atoms with E-state index in [9.17, 15) is 0 Å². The molecule has 3 nitrogen and oxygen atoms in total. The molecule has 1 aromatic heterocycles. The van der Waals surface area contributed by atoms with E-state index < -0.39 is 0 Å². The quantitative estimate of drug-likeness (QED) is 0.847. The van der Waals surface area contributed by atoms with Crippen LogP contribution in [0.2, 0.25) is 0 Å². The Kier molecular flexibility index (Phi) is 3.82. The number of nitrogens with two attached hydrogens (primary N) is 1. The zero-order valence-corrected chi connectivity index (χ0v) is 10.6. The highest BCUT2D eigenvalue weighted by Gasteiger charge is 2.06. The molecule has 0 aliphatic carbocycles. The normalized spacial score (nSPS) is 12.6. The van der Waals surface area contributed by atoms with Gasteiger partial charge in [-0.15, -0.1) is 11.6 Å². The molecule has 2 N–H and O–H groups in total. The number of rotatable bonds is 4. The highest BCUT2D eigenvalue weighted by atomic mass is 35.5. The second-order valence-corrected chi connectivity index (χ2v) is 4.36. The molecule has 4 heteroatoms. The van der Waals surface area contributed by atoms with E-state index in [1.807, 2.05) is 48.1 Å². The fraction of sp³-hybridized carbons (Fsp3) is 0.308. The predicted octanol–water partition coefficient (Wildman–Crippen LogP) is 2.81. The second-order valence-electron chi connectivity index (χ2n) is 4.10. The first kappa shape index (κ1) is 12.1. The van der Waals surface area contributed by atoms with E-state index in [4.69, 9.17) is 17.3 Å². The van der Waals surface area contributed by atoms with Crippen molar-refractivity contribution >= 4 is 11.6 Å². The first-order chi connectivity index (χ1) is 8.24. The molecule has 0 saturated carbocycles. The SMILES string of the molecule is C[C@H](CN)n1ccc(-c2ccc(CCl)cc2)n1. The Bertz CT molecular complexity index is 476. The molecular weight excluding hydrogens is 234 g/mol. The number of hydrogen-bond acceptors (Lipinski definition) is 2. The van der Waals surface area contributed by atoms with Gasteiger partial charge in [0, 0.05) is 24.2 Å². The van der Waals surface area contributed by atoms with E-state index in [0.717, 1.165) is 16.8 Å². The molecule has 0 aliphatic rings. The number of halogens is 1. The van der Waals surface area contributed by atoms with E-state index >= 15 is 0 Å². The van der Waals surface area contributed by atoms with Crippen LogP contribution in [0.3, 0.4) is 0 Å². The molecule has 1 aromatic carbocycles. The van der Waals surface area contributed by atoms with Crippen LogP contribution in [0.5, 0.6) is 0 Å². The minimum Gasteiger partial charge on any atom is -0.328 e. The average Bonchev–Trinajstić information content (AvgIpc) is 2.87. The molecule has 0 fully saturated rings. The first-order valence-electron chi connectivity index (χ1n) is 5.65. The Morgan fingerprint density at radius 3 is 2.59 bits per heavy atom. The highest BCUT2D eigenvalue weighted by Crippen LogP contribution is 2.19. The summed E-state index contributed by atoms with van der Waals surface area (Å²) in [5.41, 5.74) is 8.79. The van der Waals surface area contributed by atoms with Crippen molar-refractivity contribution in [2.45, 2.75) is 18.8 Å². The molecule has 90 valence electrons. The fourth-order valence-electron chi connectivity index (χ4n) is 1.61. The predicted molar refractivity (Wildman–Crippen MR) is 71.0 cm³/mol. The van der Waals surface area contributed by atoms with Gasteiger partial charge in [-0.05, 0) is 18.6 Å². The van der Waals surface area contributed by atoms with Gasteiger partial charge in [-0.25, -0.2) is 0 Å². The van der Waals surface area contributed by atoms with Gasteiger partial charge in [-0.3, -0.25) is 4.68 Å². The Hall–Kier alpha value is -1.32. The molecule has 0 unspecified atom stereocenters. The molecule has 2 rings (SSSR count). The summed E-state index contributed by atoms with van der Waals surface area (Å²) < 4.78 is 1.89. The summed E-state index contributed by atoms with van der Waals surface area (Å²) in [6, 6.07) is 10.4. The van der Waals surface area contributed by atoms with Gasteiger partial charge in [0.25, 0.3) is 0 Å². The molecule has 17 heavy (non-hydrogen) atoms. The fourth-order valence-corrected chi connectivity index (χ4v) is 1.79. The lowest BCUT2D eigenvalue weighted by Gasteiger charge is -2.08. The third kappa shape index (κ3) is 2.68. The Morgan fingerprint density at radius 1 is 1.29 bits per heavy atom. The van der Waals surface area contributed by atoms with E-state index in [-0.39, 0.29) is 6.04 Å². The van der Waals surface area contributed by atoms with Gasteiger partial charge < -0.3 is 5.73 Å². The van der Waals surface area contributed by atoms with Crippen molar-refractivity contribution in [2.75, 3.05) is 6.54 Å². The molecule has 0 aliphatic heterocycles. The monoisotopic (exact) mass is 249 g/mol. The van der Waals surface area contributed by atoms with E-state index in [2.05, 4.69) is 5.10 Å². The summed E-state index contributed by atoms with van der Waals surface area (Å²) in [6.07, 6.45) is 1.96. The van der Waals surface area contributed by atoms with Gasteiger partial charge in [0.1, 0.15) is 0 Å². The zero-order chi connectivity index (χ0) is 12.3. The van der Waals surface area contributed by atoms with Crippen molar-refractivity contribution in [2.24, 2.45) is 5.73 Å². The van der Waals surface area contributed by atoms with E-state index in [1.165, 1.54) is 0 Å². The number of aromatic nitrogens is 2. The number of nitrogens with zero attached hydrogens (tertiary/aromatic N) is 2. The molecule has 2 aromatic rings. The molecule has 0 bridgehead atoms. The first-order valence-corrected chi connectivity index (χ1v) is 6.18. The van der Waals surface area contributed by atoms with Gasteiger partial charge in [0.2, 0.25) is 0 Å². The number of benzene rings is 1. The van der Waals surface area contributed by atoms with Crippen molar-refractivity contribution in [3.63, 3.8) is 0 Å². The lowest BCUT2D eigenvalue weighted by molar-refractivity contribution is 0.502. The largest absolute Gasteiger partial charge is 0.328 e. The van der Waals surface area contributed by atoms with Crippen LogP contribution >= 0.6 is 11.6 Å². The molecule has 0 saturated heterocycles. The molecule has 0 radical (unpaired) electrons. The van der Waals surface area contributed by atoms with Crippen LogP contribution in [0.15, 0.2) is 36.5 Å². The van der Waals surface area contributed by atoms with Gasteiger partial charge in [0.05, 0.1) is 11.7 Å². The molecule has 0 amide bonds. The van der Waals surface area contributed by atoms with Crippen LogP contribution in [-0.4, -0.2) is 16.3 Å². The molecule has 0 spiro atoms. The van der Waals surface area contributed by atoms with Crippen molar-refractivity contribution < 1.29 is 0 Å². The van der Waals surface area contributed by atoms with Crippen molar-refractivity contribution in [1.82, 2.24) is 9.78 Å². The summed E-state index contributed by atoms with van der Waals surface area (Å²) in [4.78, 5) is 0. The van der Waals surface area contributed by atoms with Gasteiger partial charge in [-0.2, -0.15) is 5.10 Å². The molecular formula is C13H16ClN3. The Labute approximate surface area is 106 Å². The summed E-state index contributed by atoms with van der Waals surface area (Å²) in [7, 11) is 0. The third-order valence-electron chi connectivity index (χ3n) is 2.81. The Morgan fingerprint density at radius 2 is 2.00 bits per heavy atom. The number of alkyl halides is 1. The van der Waals surface area contributed by atoms with Crippen LogP contribution in [0.4, 0.5) is 0 Å². The summed E-state index contributed by atoms with van der Waals surface area (Å²) in [5.74, 6) is 0.541. The molecule has 1 heterocycles. The lowest BCUT2D eigenvalue weighted by atomic mass is 10.1. The maximum Gasteiger partial charge on any atom is 0.0923 e. The topological polar surface area (TPSA) is 43.8 Å². The highest BCUT2D eigenvalue weighted by molar-refractivity contribution is 6.17. The summed E-state index contributed by atoms with van der Waals surface area (Å²) in [5, 5.41) is 4.51. The Balaban J connectivity index is 2.24. The van der Waals surface area contributed by atoms with Gasteiger partial charge >= 0.3 is 0 Å². The maximum absolute atomic E-state index is 5.76. The summed E-state index contributed by atoms with van der Waals surface area (Å²) >= 11 is 5.76. The molecule has 1 atom stereocenters. The van der Waals surface area contributed by atoms with Crippen LogP contribution in [0, 0.1) is 0 Å². The second kappa shape index (κ2) is 5.34.